The lowest BCUT2D eigenvalue weighted by Gasteiger charge is -2.29. The van der Waals surface area contributed by atoms with E-state index in [-0.39, 0.29) is 5.91 Å². The molecular weight excluding hydrogens is 346 g/mol. The third kappa shape index (κ3) is 3.75. The first-order valence-electron chi connectivity index (χ1n) is 8.64. The first-order valence-corrected chi connectivity index (χ1v) is 9.52. The first-order chi connectivity index (χ1) is 12.8. The highest BCUT2D eigenvalue weighted by molar-refractivity contribution is 7.09. The molecule has 3 aromatic rings. The minimum absolute atomic E-state index is 0.0992. The van der Waals surface area contributed by atoms with Crippen LogP contribution in [0.5, 0.6) is 5.75 Å². The van der Waals surface area contributed by atoms with E-state index in [0.717, 1.165) is 35.8 Å². The molecule has 1 aromatic carbocycles. The molecule has 0 radical (unpaired) electrons. The second-order valence-electron chi connectivity index (χ2n) is 6.16. The lowest BCUT2D eigenvalue weighted by atomic mass is 10.0. The third-order valence-electron chi connectivity index (χ3n) is 4.34. The Morgan fingerprint density at radius 2 is 2.15 bits per heavy atom. The molecule has 0 saturated heterocycles. The van der Waals surface area contributed by atoms with Gasteiger partial charge >= 0.3 is 0 Å². The van der Waals surface area contributed by atoms with Gasteiger partial charge in [-0.25, -0.2) is 4.98 Å². The van der Waals surface area contributed by atoms with Crippen LogP contribution >= 0.6 is 11.3 Å². The van der Waals surface area contributed by atoms with Crippen LogP contribution in [0.15, 0.2) is 54.2 Å². The SMILES string of the molecule is O=C(Cc1csc(COc2cccnc2)n1)N1CCCc2ccccc21. The van der Waals surface area contributed by atoms with Gasteiger partial charge in [-0.05, 0) is 36.6 Å². The maximum absolute atomic E-state index is 12.8. The number of thiazole rings is 1. The maximum atomic E-state index is 12.8. The highest BCUT2D eigenvalue weighted by Crippen LogP contribution is 2.27. The van der Waals surface area contributed by atoms with E-state index in [9.17, 15) is 4.79 Å². The van der Waals surface area contributed by atoms with Crippen molar-refractivity contribution in [3.63, 3.8) is 0 Å². The van der Waals surface area contributed by atoms with Crippen molar-refractivity contribution in [3.05, 3.63) is 70.4 Å². The minimum atomic E-state index is 0.0992. The number of pyridine rings is 1. The number of anilines is 1. The monoisotopic (exact) mass is 365 g/mol. The molecule has 0 saturated carbocycles. The van der Waals surface area contributed by atoms with Crippen molar-refractivity contribution in [1.29, 1.82) is 0 Å². The topological polar surface area (TPSA) is 55.3 Å². The Morgan fingerprint density at radius 1 is 1.23 bits per heavy atom. The number of aromatic nitrogens is 2. The molecule has 1 aliphatic heterocycles. The standard InChI is InChI=1S/C20H19N3O2S/c24-20(23-10-4-6-15-5-1-2-8-18(15)23)11-16-14-26-19(22-16)13-25-17-7-3-9-21-12-17/h1-3,5,7-9,12,14H,4,6,10-11,13H2. The fourth-order valence-corrected chi connectivity index (χ4v) is 3.82. The number of nitrogens with zero attached hydrogens (tertiary/aromatic N) is 3. The molecule has 26 heavy (non-hydrogen) atoms. The molecule has 4 rings (SSSR count). The average molecular weight is 365 g/mol. The van der Waals surface area contributed by atoms with Crippen molar-refractivity contribution in [1.82, 2.24) is 9.97 Å². The molecule has 2 aromatic heterocycles. The lowest BCUT2D eigenvalue weighted by Crippen LogP contribution is -2.36. The summed E-state index contributed by atoms with van der Waals surface area (Å²) in [7, 11) is 0. The molecule has 1 amide bonds. The number of hydrogen-bond donors (Lipinski definition) is 0. The van der Waals surface area contributed by atoms with Crippen molar-refractivity contribution in [2.45, 2.75) is 25.9 Å². The number of para-hydroxylation sites is 1. The molecule has 6 heteroatoms. The van der Waals surface area contributed by atoms with Gasteiger partial charge in [-0.2, -0.15) is 0 Å². The zero-order valence-corrected chi connectivity index (χ0v) is 15.1. The normalized spacial score (nSPS) is 13.3. The Bertz CT molecular complexity index is 895. The average Bonchev–Trinajstić information content (AvgIpc) is 3.14. The van der Waals surface area contributed by atoms with Gasteiger partial charge in [0.15, 0.2) is 0 Å². The summed E-state index contributed by atoms with van der Waals surface area (Å²) in [6, 6.07) is 11.8. The number of fused-ring (bicyclic) bond motifs is 1. The Balaban J connectivity index is 1.39. The summed E-state index contributed by atoms with van der Waals surface area (Å²) >= 11 is 1.52. The molecule has 132 valence electrons. The van der Waals surface area contributed by atoms with Crippen LogP contribution in [-0.2, 0) is 24.2 Å². The summed E-state index contributed by atoms with van der Waals surface area (Å²) in [6.07, 6.45) is 5.73. The number of rotatable bonds is 5. The van der Waals surface area contributed by atoms with Crippen LogP contribution in [0.4, 0.5) is 5.69 Å². The zero-order valence-electron chi connectivity index (χ0n) is 14.3. The zero-order chi connectivity index (χ0) is 17.8. The van der Waals surface area contributed by atoms with Crippen LogP contribution in [0, 0.1) is 0 Å². The Kier molecular flexibility index (Phi) is 4.93. The second kappa shape index (κ2) is 7.66. The van der Waals surface area contributed by atoms with E-state index in [2.05, 4.69) is 16.0 Å². The Labute approximate surface area is 156 Å². The summed E-state index contributed by atoms with van der Waals surface area (Å²) in [5, 5.41) is 2.80. The van der Waals surface area contributed by atoms with Crippen molar-refractivity contribution in [2.75, 3.05) is 11.4 Å². The van der Waals surface area contributed by atoms with E-state index in [1.807, 2.05) is 40.6 Å². The van der Waals surface area contributed by atoms with Crippen LogP contribution in [-0.4, -0.2) is 22.4 Å². The number of hydrogen-bond acceptors (Lipinski definition) is 5. The molecule has 0 atom stereocenters. The van der Waals surface area contributed by atoms with E-state index in [1.165, 1.54) is 16.9 Å². The predicted octanol–water partition coefficient (Wildman–Crippen LogP) is 3.64. The number of ether oxygens (including phenoxy) is 1. The van der Waals surface area contributed by atoms with Gasteiger partial charge in [0.2, 0.25) is 5.91 Å². The summed E-state index contributed by atoms with van der Waals surface area (Å²) in [4.78, 5) is 23.2. The predicted molar refractivity (Wildman–Crippen MR) is 102 cm³/mol. The molecule has 0 aliphatic carbocycles. The van der Waals surface area contributed by atoms with Gasteiger partial charge in [-0.3, -0.25) is 9.78 Å². The van der Waals surface area contributed by atoms with Crippen LogP contribution in [0.1, 0.15) is 22.7 Å². The molecule has 0 N–H and O–H groups in total. The largest absolute Gasteiger partial charge is 0.485 e. The molecule has 5 nitrogen and oxygen atoms in total. The molecule has 0 unspecified atom stereocenters. The summed E-state index contributed by atoms with van der Waals surface area (Å²) in [5.74, 6) is 0.812. The van der Waals surface area contributed by atoms with Gasteiger partial charge in [0.05, 0.1) is 18.3 Å². The number of aryl methyl sites for hydroxylation is 1. The highest BCUT2D eigenvalue weighted by atomic mass is 32.1. The van der Waals surface area contributed by atoms with Gasteiger partial charge in [0, 0.05) is 23.8 Å². The van der Waals surface area contributed by atoms with E-state index >= 15 is 0 Å². The molecule has 1 aliphatic rings. The molecular formula is C20H19N3O2S. The summed E-state index contributed by atoms with van der Waals surface area (Å²) < 4.78 is 5.66. The molecule has 0 bridgehead atoms. The fourth-order valence-electron chi connectivity index (χ4n) is 3.12. The molecule has 0 spiro atoms. The Hall–Kier alpha value is -2.73. The van der Waals surface area contributed by atoms with Gasteiger partial charge in [0.1, 0.15) is 17.4 Å². The number of amides is 1. The Morgan fingerprint density at radius 3 is 3.04 bits per heavy atom. The number of carbonyl (C=O) groups is 1. The number of benzene rings is 1. The second-order valence-corrected chi connectivity index (χ2v) is 7.11. The summed E-state index contributed by atoms with van der Waals surface area (Å²) in [6.45, 7) is 1.16. The maximum Gasteiger partial charge on any atom is 0.233 e. The fraction of sp³-hybridized carbons (Fsp3) is 0.250. The third-order valence-corrected chi connectivity index (χ3v) is 5.21. The van der Waals surface area contributed by atoms with Crippen LogP contribution in [0.3, 0.4) is 0 Å². The first kappa shape index (κ1) is 16.7. The van der Waals surface area contributed by atoms with Gasteiger partial charge in [-0.1, -0.05) is 18.2 Å². The van der Waals surface area contributed by atoms with Crippen LogP contribution < -0.4 is 9.64 Å². The van der Waals surface area contributed by atoms with Gasteiger partial charge in [-0.15, -0.1) is 11.3 Å². The van der Waals surface area contributed by atoms with Crippen molar-refractivity contribution < 1.29 is 9.53 Å². The van der Waals surface area contributed by atoms with E-state index in [4.69, 9.17) is 4.74 Å². The molecule has 3 heterocycles. The smallest absolute Gasteiger partial charge is 0.233 e. The number of carbonyl (C=O) groups excluding carboxylic acids is 1. The van der Waals surface area contributed by atoms with Crippen molar-refractivity contribution in [3.8, 4) is 5.75 Å². The highest BCUT2D eigenvalue weighted by Gasteiger charge is 2.22. The van der Waals surface area contributed by atoms with E-state index in [1.54, 1.807) is 12.4 Å². The van der Waals surface area contributed by atoms with Crippen LogP contribution in [0.2, 0.25) is 0 Å². The molecule has 0 fully saturated rings. The van der Waals surface area contributed by atoms with Gasteiger partial charge < -0.3 is 9.64 Å². The minimum Gasteiger partial charge on any atom is -0.485 e. The van der Waals surface area contributed by atoms with E-state index < -0.39 is 0 Å². The van der Waals surface area contributed by atoms with Gasteiger partial charge in [0.25, 0.3) is 0 Å². The van der Waals surface area contributed by atoms with Crippen LogP contribution in [0.25, 0.3) is 0 Å². The summed E-state index contributed by atoms with van der Waals surface area (Å²) in [5.41, 5.74) is 3.09. The quantitative estimate of drug-likeness (QED) is 0.693. The van der Waals surface area contributed by atoms with Crippen molar-refractivity contribution >= 4 is 22.9 Å². The van der Waals surface area contributed by atoms with E-state index in [0.29, 0.717) is 18.8 Å². The lowest BCUT2D eigenvalue weighted by molar-refractivity contribution is -0.118. The van der Waals surface area contributed by atoms with Crippen molar-refractivity contribution in [2.24, 2.45) is 0 Å².